The van der Waals surface area contributed by atoms with Crippen LogP contribution in [0.4, 0.5) is 0 Å². The third-order valence-corrected chi connectivity index (χ3v) is 8.47. The fourth-order valence-corrected chi connectivity index (χ4v) is 6.69. The Morgan fingerprint density at radius 2 is 1.07 bits per heavy atom. The Kier molecular flexibility index (Phi) is 5.86. The van der Waals surface area contributed by atoms with E-state index in [2.05, 4.69) is 38.1 Å². The Bertz CT molecular complexity index is 908. The van der Waals surface area contributed by atoms with Gasteiger partial charge < -0.3 is 4.52 Å². The standard InChI is InChI=1S/C24H27N2O2P/c1-20(22-12-6-3-7-13-22)25-18-19-26(21(2)23-14-8-4-9-15-23)29(25,27)28-24-16-10-5-11-17-24/h3-17,20-21H,18-19H2,1-2H3/t20-,21-/m0/s1. The summed E-state index contributed by atoms with van der Waals surface area (Å²) in [5, 5.41) is 0. The summed E-state index contributed by atoms with van der Waals surface area (Å²) in [6.45, 7) is 5.59. The zero-order valence-electron chi connectivity index (χ0n) is 16.9. The molecular weight excluding hydrogens is 379 g/mol. The highest BCUT2D eigenvalue weighted by Gasteiger charge is 2.50. The summed E-state index contributed by atoms with van der Waals surface area (Å²) in [4.78, 5) is 0. The van der Waals surface area contributed by atoms with Gasteiger partial charge in [0.05, 0.1) is 0 Å². The first-order valence-electron chi connectivity index (χ1n) is 10.1. The average Bonchev–Trinajstić information content (AvgIpc) is 3.11. The van der Waals surface area contributed by atoms with Crippen molar-refractivity contribution in [1.29, 1.82) is 0 Å². The predicted molar refractivity (Wildman–Crippen MR) is 118 cm³/mol. The molecule has 1 fully saturated rings. The van der Waals surface area contributed by atoms with E-state index in [0.29, 0.717) is 18.8 Å². The summed E-state index contributed by atoms with van der Waals surface area (Å²) in [6, 6.07) is 29.9. The van der Waals surface area contributed by atoms with Gasteiger partial charge in [-0.2, -0.15) is 0 Å². The zero-order valence-corrected chi connectivity index (χ0v) is 17.8. The lowest BCUT2D eigenvalue weighted by Crippen LogP contribution is -2.27. The second-order valence-corrected chi connectivity index (χ2v) is 9.59. The first kappa shape index (κ1) is 19.9. The molecule has 3 aromatic rings. The lowest BCUT2D eigenvalue weighted by molar-refractivity contribution is 0.301. The van der Waals surface area contributed by atoms with E-state index in [-0.39, 0.29) is 12.1 Å². The minimum Gasteiger partial charge on any atom is -0.422 e. The highest BCUT2D eigenvalue weighted by molar-refractivity contribution is 7.54. The summed E-state index contributed by atoms with van der Waals surface area (Å²) in [5.41, 5.74) is 2.28. The first-order valence-corrected chi connectivity index (χ1v) is 11.6. The van der Waals surface area contributed by atoms with Gasteiger partial charge in [-0.25, -0.2) is 13.9 Å². The molecule has 4 rings (SSSR count). The summed E-state index contributed by atoms with van der Waals surface area (Å²) in [6.07, 6.45) is 0. The Balaban J connectivity index is 1.71. The van der Waals surface area contributed by atoms with Crippen molar-refractivity contribution in [3.8, 4) is 5.75 Å². The molecule has 0 spiro atoms. The van der Waals surface area contributed by atoms with Gasteiger partial charge in [-0.05, 0) is 37.1 Å². The van der Waals surface area contributed by atoms with Crippen LogP contribution in [0, 0.1) is 0 Å². The van der Waals surface area contributed by atoms with E-state index in [0.717, 1.165) is 11.1 Å². The molecule has 5 heteroatoms. The lowest BCUT2D eigenvalue weighted by atomic mass is 10.1. The van der Waals surface area contributed by atoms with E-state index in [4.69, 9.17) is 4.52 Å². The summed E-state index contributed by atoms with van der Waals surface area (Å²) in [5.74, 6) is 0.633. The molecule has 0 bridgehead atoms. The summed E-state index contributed by atoms with van der Waals surface area (Å²) < 4.78 is 24.9. The van der Waals surface area contributed by atoms with Crippen LogP contribution in [-0.4, -0.2) is 22.4 Å². The summed E-state index contributed by atoms with van der Waals surface area (Å²) in [7, 11) is -3.29. The van der Waals surface area contributed by atoms with Crippen LogP contribution in [-0.2, 0) is 4.57 Å². The number of rotatable bonds is 6. The Labute approximate surface area is 173 Å². The number of hydrogen-bond donors (Lipinski definition) is 0. The minimum absolute atomic E-state index is 0.0151. The Morgan fingerprint density at radius 1 is 0.690 bits per heavy atom. The van der Waals surface area contributed by atoms with E-state index in [9.17, 15) is 4.57 Å². The SMILES string of the molecule is C[C@@H](c1ccccc1)N1CCN([C@@H](C)c2ccccc2)P1(=O)Oc1ccccc1. The highest BCUT2D eigenvalue weighted by Crippen LogP contribution is 2.63. The summed E-state index contributed by atoms with van der Waals surface area (Å²) >= 11 is 0. The maximum Gasteiger partial charge on any atom is 0.396 e. The van der Waals surface area contributed by atoms with Gasteiger partial charge in [0.1, 0.15) is 5.75 Å². The number of hydrogen-bond acceptors (Lipinski definition) is 2. The van der Waals surface area contributed by atoms with Crippen molar-refractivity contribution in [2.24, 2.45) is 0 Å². The first-order chi connectivity index (χ1) is 14.1. The highest BCUT2D eigenvalue weighted by atomic mass is 31.2. The van der Waals surface area contributed by atoms with Crippen LogP contribution in [0.1, 0.15) is 37.1 Å². The smallest absolute Gasteiger partial charge is 0.396 e. The van der Waals surface area contributed by atoms with Crippen molar-refractivity contribution < 1.29 is 9.09 Å². The van der Waals surface area contributed by atoms with Crippen molar-refractivity contribution in [2.75, 3.05) is 13.1 Å². The molecule has 1 aliphatic heterocycles. The molecule has 150 valence electrons. The zero-order chi connectivity index (χ0) is 20.3. The monoisotopic (exact) mass is 406 g/mol. The van der Waals surface area contributed by atoms with E-state index in [1.165, 1.54) is 0 Å². The van der Waals surface area contributed by atoms with Gasteiger partial charge in [0.15, 0.2) is 0 Å². The number of nitrogens with zero attached hydrogens (tertiary/aromatic N) is 2. The van der Waals surface area contributed by atoms with Crippen LogP contribution in [0.3, 0.4) is 0 Å². The molecule has 3 aromatic carbocycles. The normalized spacial score (nSPS) is 19.0. The van der Waals surface area contributed by atoms with Gasteiger partial charge in [0.25, 0.3) is 0 Å². The molecule has 0 aliphatic carbocycles. The molecule has 1 saturated heterocycles. The largest absolute Gasteiger partial charge is 0.422 e. The minimum atomic E-state index is -3.29. The van der Waals surface area contributed by atoms with Gasteiger partial charge in [-0.1, -0.05) is 78.9 Å². The van der Waals surface area contributed by atoms with E-state index >= 15 is 0 Å². The van der Waals surface area contributed by atoms with Gasteiger partial charge in [-0.15, -0.1) is 0 Å². The van der Waals surface area contributed by atoms with Crippen LogP contribution < -0.4 is 4.52 Å². The van der Waals surface area contributed by atoms with Gasteiger partial charge in [-0.3, -0.25) is 0 Å². The lowest BCUT2D eigenvalue weighted by Gasteiger charge is -2.35. The van der Waals surface area contributed by atoms with Crippen molar-refractivity contribution in [1.82, 2.24) is 9.34 Å². The van der Waals surface area contributed by atoms with Crippen molar-refractivity contribution in [3.05, 3.63) is 102 Å². The number of benzene rings is 3. The third kappa shape index (κ3) is 4.02. The van der Waals surface area contributed by atoms with Crippen LogP contribution in [0.5, 0.6) is 5.75 Å². The fourth-order valence-electron chi connectivity index (χ4n) is 3.96. The molecule has 0 N–H and O–H groups in total. The van der Waals surface area contributed by atoms with Crippen LogP contribution in [0.2, 0.25) is 0 Å². The van der Waals surface area contributed by atoms with Gasteiger partial charge in [0, 0.05) is 25.2 Å². The van der Waals surface area contributed by atoms with Crippen molar-refractivity contribution in [3.63, 3.8) is 0 Å². The maximum atomic E-state index is 14.5. The van der Waals surface area contributed by atoms with E-state index in [1.807, 2.05) is 76.1 Å². The molecule has 2 atom stereocenters. The topological polar surface area (TPSA) is 32.8 Å². The molecule has 1 heterocycles. The molecule has 1 aliphatic rings. The van der Waals surface area contributed by atoms with Crippen LogP contribution in [0.25, 0.3) is 0 Å². The molecule has 0 saturated carbocycles. The van der Waals surface area contributed by atoms with Crippen LogP contribution >= 0.6 is 7.67 Å². The van der Waals surface area contributed by atoms with E-state index in [1.54, 1.807) is 0 Å². The molecular formula is C24H27N2O2P. The molecule has 0 amide bonds. The quantitative estimate of drug-likeness (QED) is 0.449. The third-order valence-electron chi connectivity index (χ3n) is 5.63. The molecule has 4 nitrogen and oxygen atoms in total. The maximum absolute atomic E-state index is 14.5. The molecule has 0 radical (unpaired) electrons. The van der Waals surface area contributed by atoms with Crippen LogP contribution in [0.15, 0.2) is 91.0 Å². The second-order valence-electron chi connectivity index (χ2n) is 7.39. The van der Waals surface area contributed by atoms with Crippen molar-refractivity contribution in [2.45, 2.75) is 25.9 Å². The second kappa shape index (κ2) is 8.54. The Morgan fingerprint density at radius 3 is 1.48 bits per heavy atom. The number of para-hydroxylation sites is 1. The van der Waals surface area contributed by atoms with Gasteiger partial charge in [0.2, 0.25) is 0 Å². The molecule has 29 heavy (non-hydrogen) atoms. The molecule has 0 aromatic heterocycles. The molecule has 0 unspecified atom stereocenters. The Hall–Kier alpha value is -2.39. The van der Waals surface area contributed by atoms with E-state index < -0.39 is 7.67 Å². The predicted octanol–water partition coefficient (Wildman–Crippen LogP) is 6.31. The average molecular weight is 406 g/mol. The van der Waals surface area contributed by atoms with Crippen molar-refractivity contribution >= 4 is 7.67 Å². The van der Waals surface area contributed by atoms with Gasteiger partial charge >= 0.3 is 7.67 Å². The fraction of sp³-hybridized carbons (Fsp3) is 0.250.